The van der Waals surface area contributed by atoms with Crippen LogP contribution in [-0.2, 0) is 11.2 Å². The number of hydrogen-bond donors (Lipinski definition) is 2. The molecule has 2 aromatic heterocycles. The van der Waals surface area contributed by atoms with E-state index < -0.39 is 23.7 Å². The number of aromatic amines is 1. The number of benzene rings is 1. The molecule has 0 bridgehead atoms. The molecule has 1 aromatic carbocycles. The van der Waals surface area contributed by atoms with Crippen LogP contribution in [0.15, 0.2) is 30.5 Å². The number of carboxylic acid groups (broad SMARTS) is 1. The number of rotatable bonds is 11. The molecule has 9 heteroatoms. The van der Waals surface area contributed by atoms with Gasteiger partial charge in [-0.15, -0.1) is 0 Å². The highest BCUT2D eigenvalue weighted by Gasteiger charge is 2.39. The molecule has 3 atom stereocenters. The minimum absolute atomic E-state index is 0.0148. The van der Waals surface area contributed by atoms with Gasteiger partial charge in [0.25, 0.3) is 0 Å². The van der Waals surface area contributed by atoms with Crippen LogP contribution >= 0.6 is 0 Å². The summed E-state index contributed by atoms with van der Waals surface area (Å²) in [6, 6.07) is 7.48. The van der Waals surface area contributed by atoms with Gasteiger partial charge in [0.1, 0.15) is 12.4 Å². The largest absolute Gasteiger partial charge is 0.481 e. The average molecular weight is 515 g/mol. The van der Waals surface area contributed by atoms with Crippen LogP contribution in [0.1, 0.15) is 48.7 Å². The summed E-state index contributed by atoms with van der Waals surface area (Å²) in [6.45, 7) is 6.99. The number of hydrogen-bond acceptors (Lipinski definition) is 5. The lowest BCUT2D eigenvalue weighted by atomic mass is 9.86. The SMILES string of the molecule is Cc1c(OCCN(C)CCCF)ncc(F)c1[C@@H]1c2[nH]c3ccccc3c2C[C@H](C)N1C[C@@H](C)C(=O)O. The Morgan fingerprint density at radius 3 is 2.84 bits per heavy atom. The first kappa shape index (κ1) is 27.0. The summed E-state index contributed by atoms with van der Waals surface area (Å²) in [7, 11) is 1.90. The molecule has 0 saturated heterocycles. The van der Waals surface area contributed by atoms with E-state index in [1.807, 2.05) is 30.1 Å². The summed E-state index contributed by atoms with van der Waals surface area (Å²) in [5.41, 5.74) is 4.00. The number of aliphatic carboxylic acids is 1. The Labute approximate surface area is 216 Å². The fraction of sp³-hybridized carbons (Fsp3) is 0.500. The number of pyridine rings is 1. The molecule has 200 valence electrons. The third kappa shape index (κ3) is 5.62. The lowest BCUT2D eigenvalue weighted by Crippen LogP contribution is -2.46. The Morgan fingerprint density at radius 1 is 1.35 bits per heavy atom. The second-order valence-corrected chi connectivity index (χ2v) is 10.1. The van der Waals surface area contributed by atoms with Gasteiger partial charge in [-0.05, 0) is 45.4 Å². The van der Waals surface area contributed by atoms with Gasteiger partial charge in [-0.25, -0.2) is 9.37 Å². The Bertz CT molecular complexity index is 1250. The third-order valence-electron chi connectivity index (χ3n) is 7.36. The zero-order valence-corrected chi connectivity index (χ0v) is 21.9. The number of carbonyl (C=O) groups is 1. The maximum atomic E-state index is 15.6. The van der Waals surface area contributed by atoms with Gasteiger partial charge in [0.05, 0.1) is 24.8 Å². The summed E-state index contributed by atoms with van der Waals surface area (Å²) in [5, 5.41) is 10.7. The van der Waals surface area contributed by atoms with Crippen LogP contribution in [0.5, 0.6) is 5.88 Å². The van der Waals surface area contributed by atoms with Crippen molar-refractivity contribution in [2.75, 3.05) is 40.0 Å². The first-order valence-corrected chi connectivity index (χ1v) is 12.8. The van der Waals surface area contributed by atoms with Gasteiger partial charge in [0, 0.05) is 53.4 Å². The van der Waals surface area contributed by atoms with Crippen molar-refractivity contribution < 1.29 is 23.4 Å². The molecule has 0 saturated carbocycles. The van der Waals surface area contributed by atoms with Crippen molar-refractivity contribution in [2.45, 2.75) is 45.7 Å². The fourth-order valence-corrected chi connectivity index (χ4v) is 5.29. The Hall–Kier alpha value is -3.04. The van der Waals surface area contributed by atoms with E-state index in [1.54, 1.807) is 13.8 Å². The van der Waals surface area contributed by atoms with Gasteiger partial charge >= 0.3 is 5.97 Å². The number of ether oxygens (including phenoxy) is 1. The van der Waals surface area contributed by atoms with Crippen molar-refractivity contribution in [3.8, 4) is 5.88 Å². The number of likely N-dealkylation sites (N-methyl/N-ethyl adjacent to an activating group) is 1. The predicted molar refractivity (Wildman–Crippen MR) is 139 cm³/mol. The van der Waals surface area contributed by atoms with Crippen LogP contribution in [0, 0.1) is 18.7 Å². The van der Waals surface area contributed by atoms with E-state index >= 15 is 4.39 Å². The molecule has 7 nitrogen and oxygen atoms in total. The standard InChI is InChI=1S/C28H36F2N4O3/c1-17(28(35)36)16-34-18(2)14-21-20-8-5-6-9-23(20)32-25(21)26(34)24-19(3)27(31-15-22(24)30)37-13-12-33(4)11-7-10-29/h5-6,8-9,15,17-18,26,32H,7,10-14,16H2,1-4H3,(H,35,36)/t17-,18+,26-/m1/s1. The van der Waals surface area contributed by atoms with E-state index in [0.29, 0.717) is 43.1 Å². The summed E-state index contributed by atoms with van der Waals surface area (Å²) >= 11 is 0. The molecular formula is C28H36F2N4O3. The third-order valence-corrected chi connectivity index (χ3v) is 7.36. The molecule has 0 amide bonds. The maximum absolute atomic E-state index is 15.6. The second-order valence-electron chi connectivity index (χ2n) is 10.1. The van der Waals surface area contributed by atoms with Gasteiger partial charge in [-0.1, -0.05) is 25.1 Å². The molecule has 0 radical (unpaired) electrons. The highest BCUT2D eigenvalue weighted by Crippen LogP contribution is 2.43. The minimum atomic E-state index is -0.888. The molecular weight excluding hydrogens is 478 g/mol. The lowest BCUT2D eigenvalue weighted by molar-refractivity contribution is -0.142. The molecule has 0 spiro atoms. The highest BCUT2D eigenvalue weighted by molar-refractivity contribution is 5.85. The molecule has 2 N–H and O–H groups in total. The predicted octanol–water partition coefficient (Wildman–Crippen LogP) is 4.74. The summed E-state index contributed by atoms with van der Waals surface area (Å²) in [5.74, 6) is -1.63. The lowest BCUT2D eigenvalue weighted by Gasteiger charge is -2.42. The quantitative estimate of drug-likeness (QED) is 0.385. The number of fused-ring (bicyclic) bond motifs is 3. The van der Waals surface area contributed by atoms with E-state index in [1.165, 1.54) is 6.20 Å². The number of halogens is 2. The minimum Gasteiger partial charge on any atom is -0.481 e. The molecule has 3 heterocycles. The van der Waals surface area contributed by atoms with Crippen molar-refractivity contribution in [1.29, 1.82) is 0 Å². The van der Waals surface area contributed by atoms with E-state index in [2.05, 4.69) is 27.9 Å². The molecule has 1 aliphatic heterocycles. The molecule has 0 fully saturated rings. The molecule has 3 aromatic rings. The zero-order valence-electron chi connectivity index (χ0n) is 21.9. The first-order valence-electron chi connectivity index (χ1n) is 12.8. The van der Waals surface area contributed by atoms with Gasteiger partial charge in [0.15, 0.2) is 0 Å². The van der Waals surface area contributed by atoms with Crippen molar-refractivity contribution in [3.63, 3.8) is 0 Å². The van der Waals surface area contributed by atoms with Gasteiger partial charge in [-0.3, -0.25) is 14.1 Å². The normalized spacial score (nSPS) is 18.8. The number of H-pyrrole nitrogens is 1. The summed E-state index contributed by atoms with van der Waals surface area (Å²) in [6.07, 6.45) is 2.37. The number of nitrogens with one attached hydrogen (secondary N) is 1. The second kappa shape index (κ2) is 11.6. The smallest absolute Gasteiger partial charge is 0.307 e. The van der Waals surface area contributed by atoms with Crippen LogP contribution in [0.2, 0.25) is 0 Å². The average Bonchev–Trinajstić information content (AvgIpc) is 3.23. The van der Waals surface area contributed by atoms with Crippen LogP contribution in [0.4, 0.5) is 8.78 Å². The van der Waals surface area contributed by atoms with Crippen molar-refractivity contribution >= 4 is 16.9 Å². The van der Waals surface area contributed by atoms with E-state index in [0.717, 1.165) is 28.6 Å². The Kier molecular flexibility index (Phi) is 8.44. The molecule has 1 aliphatic rings. The van der Waals surface area contributed by atoms with Gasteiger partial charge < -0.3 is 19.7 Å². The van der Waals surface area contributed by atoms with Crippen LogP contribution in [-0.4, -0.2) is 76.8 Å². The van der Waals surface area contributed by atoms with E-state index in [-0.39, 0.29) is 19.3 Å². The fourth-order valence-electron chi connectivity index (χ4n) is 5.29. The monoisotopic (exact) mass is 514 g/mol. The van der Waals surface area contributed by atoms with Crippen LogP contribution < -0.4 is 4.74 Å². The summed E-state index contributed by atoms with van der Waals surface area (Å²) < 4.78 is 34.1. The topological polar surface area (TPSA) is 81.7 Å². The van der Waals surface area contributed by atoms with E-state index in [9.17, 15) is 14.3 Å². The maximum Gasteiger partial charge on any atom is 0.307 e. The number of alkyl halides is 1. The number of aromatic nitrogens is 2. The summed E-state index contributed by atoms with van der Waals surface area (Å²) in [4.78, 5) is 23.6. The van der Waals surface area contributed by atoms with Crippen LogP contribution in [0.25, 0.3) is 10.9 Å². The Morgan fingerprint density at radius 2 is 2.11 bits per heavy atom. The van der Waals surface area contributed by atoms with Gasteiger partial charge in [0.2, 0.25) is 5.88 Å². The number of nitrogens with zero attached hydrogens (tertiary/aromatic N) is 3. The van der Waals surface area contributed by atoms with Crippen molar-refractivity contribution in [3.05, 3.63) is 58.7 Å². The molecule has 0 aliphatic carbocycles. The van der Waals surface area contributed by atoms with Crippen molar-refractivity contribution in [2.24, 2.45) is 5.92 Å². The zero-order chi connectivity index (χ0) is 26.7. The highest BCUT2D eigenvalue weighted by atomic mass is 19.1. The van der Waals surface area contributed by atoms with E-state index in [4.69, 9.17) is 4.74 Å². The molecule has 0 unspecified atom stereocenters. The van der Waals surface area contributed by atoms with Gasteiger partial charge in [-0.2, -0.15) is 0 Å². The van der Waals surface area contributed by atoms with Crippen molar-refractivity contribution in [1.82, 2.24) is 19.8 Å². The molecule has 37 heavy (non-hydrogen) atoms. The molecule has 4 rings (SSSR count). The van der Waals surface area contributed by atoms with Crippen LogP contribution in [0.3, 0.4) is 0 Å². The first-order chi connectivity index (χ1) is 17.7. The number of para-hydroxylation sites is 1. The Balaban J connectivity index is 1.74. The number of carboxylic acids is 1.